The molecule has 100 valence electrons. The summed E-state index contributed by atoms with van der Waals surface area (Å²) >= 11 is 5.92. The first-order valence-corrected chi connectivity index (χ1v) is 5.99. The zero-order valence-electron chi connectivity index (χ0n) is 10.3. The number of nitrogens with two attached hydrogens (primary N) is 1. The van der Waals surface area contributed by atoms with Crippen LogP contribution in [0.2, 0.25) is 0 Å². The maximum Gasteiger partial charge on any atom is 0.304 e. The van der Waals surface area contributed by atoms with Crippen LogP contribution in [0, 0.1) is 7.05 Å². The van der Waals surface area contributed by atoms with Crippen molar-refractivity contribution in [1.82, 2.24) is 0 Å². The number of anilines is 1. The number of esters is 1. The summed E-state index contributed by atoms with van der Waals surface area (Å²) in [6.45, 7) is 1.24. The first-order valence-electron chi connectivity index (χ1n) is 5.61. The summed E-state index contributed by atoms with van der Waals surface area (Å²) < 4.78 is 5.25. The Morgan fingerprint density at radius 2 is 2.21 bits per heavy atom. The van der Waals surface area contributed by atoms with Gasteiger partial charge in [0.2, 0.25) is 5.60 Å². The van der Waals surface area contributed by atoms with Gasteiger partial charge in [-0.3, -0.25) is 9.59 Å². The maximum atomic E-state index is 12.2. The summed E-state index contributed by atoms with van der Waals surface area (Å²) in [7, 11) is 3.52. The lowest BCUT2D eigenvalue weighted by molar-refractivity contribution is -0.532. The van der Waals surface area contributed by atoms with E-state index in [0.717, 1.165) is 0 Å². The quantitative estimate of drug-likeness (QED) is 0.489. The molecule has 5 nitrogen and oxygen atoms in total. The highest BCUT2D eigenvalue weighted by Gasteiger charge is 2.49. The van der Waals surface area contributed by atoms with Crippen LogP contribution in [0.15, 0.2) is 35.5 Å². The van der Waals surface area contributed by atoms with E-state index in [9.17, 15) is 9.59 Å². The van der Waals surface area contributed by atoms with Crippen LogP contribution in [0.25, 0.3) is 0 Å². The molecule has 0 aliphatic carbocycles. The molecule has 1 atom stereocenters. The van der Waals surface area contributed by atoms with E-state index in [4.69, 9.17) is 16.3 Å². The molecular formula is C13H13ClN2O3. The van der Waals surface area contributed by atoms with Gasteiger partial charge in [-0.2, -0.15) is 0 Å². The highest BCUT2D eigenvalue weighted by Crippen LogP contribution is 2.40. The number of carbonyl (C=O) groups excluding carboxylic acids is 2. The molecule has 0 saturated heterocycles. The Morgan fingerprint density at radius 1 is 1.53 bits per heavy atom. The standard InChI is InChI=1S/C13H13ClN2O3/c1-8(17)19-13(7-11(14)15-2)9-5-3-4-6-10(9)16-12(13)18/h3-7H,2,15H2,1H3,(H,16,18). The predicted octanol–water partition coefficient (Wildman–Crippen LogP) is 0.832. The molecule has 0 radical (unpaired) electrons. The van der Waals surface area contributed by atoms with E-state index >= 15 is 0 Å². The van der Waals surface area contributed by atoms with E-state index in [2.05, 4.69) is 12.4 Å². The number of amides is 1. The molecule has 19 heavy (non-hydrogen) atoms. The number of para-hydroxylation sites is 1. The van der Waals surface area contributed by atoms with Crippen molar-refractivity contribution in [2.75, 3.05) is 5.32 Å². The van der Waals surface area contributed by atoms with Crippen molar-refractivity contribution in [2.24, 2.45) is 0 Å². The number of rotatable bonds is 3. The van der Waals surface area contributed by atoms with Gasteiger partial charge in [-0.05, 0) is 17.7 Å². The van der Waals surface area contributed by atoms with Crippen LogP contribution in [0.4, 0.5) is 5.69 Å². The minimum atomic E-state index is -1.53. The summed E-state index contributed by atoms with van der Waals surface area (Å²) in [5.74, 6) is -1.03. The topological polar surface area (TPSA) is 72.0 Å². The number of hydrogen-bond donors (Lipinski definition) is 2. The Balaban J connectivity index is 2.61. The van der Waals surface area contributed by atoms with E-state index < -0.39 is 17.5 Å². The highest BCUT2D eigenvalue weighted by molar-refractivity contribution is 6.28. The minimum absolute atomic E-state index is 0.230. The largest absolute Gasteiger partial charge is 0.439 e. The lowest BCUT2D eigenvalue weighted by atomic mass is 9.95. The fraction of sp³-hybridized carbons (Fsp3) is 0.154. The molecule has 0 spiro atoms. The molecule has 1 unspecified atom stereocenters. The van der Waals surface area contributed by atoms with Crippen molar-refractivity contribution in [3.05, 3.63) is 48.1 Å². The molecule has 1 aromatic carbocycles. The molecule has 0 saturated carbocycles. The monoisotopic (exact) mass is 280 g/mol. The van der Waals surface area contributed by atoms with E-state index in [1.807, 2.05) is 0 Å². The lowest BCUT2D eigenvalue weighted by Gasteiger charge is -2.23. The van der Waals surface area contributed by atoms with Gasteiger partial charge in [0.25, 0.3) is 5.91 Å². The van der Waals surface area contributed by atoms with Crippen molar-refractivity contribution >= 4 is 29.2 Å². The van der Waals surface area contributed by atoms with Crippen LogP contribution in [0.3, 0.4) is 0 Å². The number of carbonyl (C=O) groups is 2. The van der Waals surface area contributed by atoms with Crippen LogP contribution in [-0.2, 0) is 19.9 Å². The first-order chi connectivity index (χ1) is 8.99. The molecule has 1 aromatic rings. The normalized spacial score (nSPS) is 21.8. The van der Waals surface area contributed by atoms with Crippen LogP contribution >= 0.6 is 11.6 Å². The van der Waals surface area contributed by atoms with Crippen molar-refractivity contribution in [2.45, 2.75) is 12.5 Å². The summed E-state index contributed by atoms with van der Waals surface area (Å²) in [6.07, 6.45) is 1.38. The van der Waals surface area contributed by atoms with Gasteiger partial charge < -0.3 is 15.4 Å². The Kier molecular flexibility index (Phi) is 3.59. The maximum absolute atomic E-state index is 12.2. The third-order valence-corrected chi connectivity index (χ3v) is 3.02. The fourth-order valence-corrected chi connectivity index (χ4v) is 2.16. The molecule has 1 aliphatic heterocycles. The number of ether oxygens (including phenoxy) is 1. The van der Waals surface area contributed by atoms with Crippen LogP contribution < -0.4 is 10.6 Å². The number of halogens is 1. The second-order valence-electron chi connectivity index (χ2n) is 4.06. The van der Waals surface area contributed by atoms with Crippen LogP contribution in [-0.4, -0.2) is 11.9 Å². The minimum Gasteiger partial charge on any atom is -0.439 e. The van der Waals surface area contributed by atoms with E-state index in [1.54, 1.807) is 24.3 Å². The summed E-state index contributed by atoms with van der Waals surface area (Å²) in [5, 5.41) is 4.28. The van der Waals surface area contributed by atoms with Crippen molar-refractivity contribution in [1.29, 1.82) is 0 Å². The zero-order valence-corrected chi connectivity index (χ0v) is 11.0. The molecule has 3 N–H and O–H groups in total. The smallest absolute Gasteiger partial charge is 0.304 e. The average Bonchev–Trinajstić information content (AvgIpc) is 2.62. The molecule has 0 aromatic heterocycles. The van der Waals surface area contributed by atoms with Gasteiger partial charge in [0, 0.05) is 24.3 Å². The third kappa shape index (κ3) is 2.34. The molecule has 1 amide bonds. The third-order valence-electron chi connectivity index (χ3n) is 2.75. The average molecular weight is 281 g/mol. The summed E-state index contributed by atoms with van der Waals surface area (Å²) in [5.41, 5.74) is -0.387. The Bertz CT molecular complexity index is 571. The summed E-state index contributed by atoms with van der Waals surface area (Å²) in [4.78, 5) is 23.5. The van der Waals surface area contributed by atoms with Crippen molar-refractivity contribution in [3.8, 4) is 0 Å². The molecule has 0 fully saturated rings. The highest BCUT2D eigenvalue weighted by atomic mass is 35.5. The molecule has 6 heteroatoms. The summed E-state index contributed by atoms with van der Waals surface area (Å²) in [6, 6.07) is 6.98. The molecular weight excluding hydrogens is 268 g/mol. The van der Waals surface area contributed by atoms with Gasteiger partial charge in [-0.15, -0.1) is 7.05 Å². The van der Waals surface area contributed by atoms with Gasteiger partial charge in [0.05, 0.1) is 0 Å². The van der Waals surface area contributed by atoms with Crippen LogP contribution in [0.5, 0.6) is 0 Å². The van der Waals surface area contributed by atoms with Crippen molar-refractivity contribution < 1.29 is 19.6 Å². The zero-order chi connectivity index (χ0) is 14.0. The predicted molar refractivity (Wildman–Crippen MR) is 69.7 cm³/mol. The van der Waals surface area contributed by atoms with Gasteiger partial charge in [-0.1, -0.05) is 18.2 Å². The SMILES string of the molecule is [CH2-][NH2+]C(Cl)=CC1(OC(C)=O)C(=O)Nc2ccccc21. The fourth-order valence-electron chi connectivity index (χ4n) is 2.01. The van der Waals surface area contributed by atoms with Gasteiger partial charge in [-0.25, -0.2) is 0 Å². The molecule has 1 aliphatic rings. The second-order valence-corrected chi connectivity index (χ2v) is 4.50. The Hall–Kier alpha value is -1.85. The molecule has 0 bridgehead atoms. The number of hydrogen-bond acceptors (Lipinski definition) is 3. The van der Waals surface area contributed by atoms with E-state index in [0.29, 0.717) is 11.3 Å². The second kappa shape index (κ2) is 5.03. The van der Waals surface area contributed by atoms with Gasteiger partial charge in [0.15, 0.2) is 5.16 Å². The van der Waals surface area contributed by atoms with Crippen LogP contribution in [0.1, 0.15) is 12.5 Å². The molecule has 2 rings (SSSR count). The van der Waals surface area contributed by atoms with E-state index in [1.165, 1.54) is 18.3 Å². The van der Waals surface area contributed by atoms with Gasteiger partial charge >= 0.3 is 5.97 Å². The molecule has 1 heterocycles. The Labute approximate surface area is 115 Å². The number of benzene rings is 1. The lowest BCUT2D eigenvalue weighted by Crippen LogP contribution is -2.73. The van der Waals surface area contributed by atoms with Gasteiger partial charge in [0.1, 0.15) is 0 Å². The number of fused-ring (bicyclic) bond motifs is 1. The van der Waals surface area contributed by atoms with Crippen molar-refractivity contribution in [3.63, 3.8) is 0 Å². The Morgan fingerprint density at radius 3 is 2.84 bits per heavy atom. The first kappa shape index (κ1) is 13.6. The number of nitrogens with one attached hydrogen (secondary N) is 1. The van der Waals surface area contributed by atoms with E-state index in [-0.39, 0.29) is 5.16 Å². The number of quaternary nitrogens is 1.